The van der Waals surface area contributed by atoms with Gasteiger partial charge in [0.25, 0.3) is 0 Å². The van der Waals surface area contributed by atoms with Crippen molar-refractivity contribution in [2.45, 2.75) is 110 Å². The molecule has 0 aliphatic heterocycles. The quantitative estimate of drug-likeness (QED) is 0.214. The summed E-state index contributed by atoms with van der Waals surface area (Å²) >= 11 is 0. The summed E-state index contributed by atoms with van der Waals surface area (Å²) in [7, 11) is -5.39. The van der Waals surface area contributed by atoms with Crippen LogP contribution in [0.15, 0.2) is 0 Å². The fourth-order valence-corrected chi connectivity index (χ4v) is 2.64. The molecule has 0 aromatic rings. The predicted molar refractivity (Wildman–Crippen MR) is 97.9 cm³/mol. The standard InChI is InChI=1S/C18H36O2.Ca.H3O4P/c1-2-3-4-5-6-7-8-9-10-11-12-13-14-15-16-17-18(19)20;;1-5(2,3)4/h2-17H2,1H3,(H,19,20);;(H3,1,2,3,4)/q;+2;/p-4. The van der Waals surface area contributed by atoms with E-state index in [-0.39, 0.29) is 44.2 Å². The molecule has 0 aromatic heterocycles. The molecule has 0 saturated carbocycles. The Bertz CT molecular complexity index is 327. The largest absolute Gasteiger partial charge is 2.00 e. The van der Waals surface area contributed by atoms with E-state index in [1.54, 1.807) is 0 Å². The van der Waals surface area contributed by atoms with Gasteiger partial charge in [-0.15, -0.1) is 0 Å². The number of unbranched alkanes of at least 4 members (excludes halogenated alkanes) is 14. The molecule has 0 rings (SSSR count). The molecular weight excluding hydrogens is 383 g/mol. The van der Waals surface area contributed by atoms with Crippen molar-refractivity contribution in [2.24, 2.45) is 0 Å². The van der Waals surface area contributed by atoms with Crippen molar-refractivity contribution in [3.63, 3.8) is 0 Å². The van der Waals surface area contributed by atoms with Gasteiger partial charge >= 0.3 is 37.7 Å². The van der Waals surface area contributed by atoms with Gasteiger partial charge in [0.15, 0.2) is 0 Å². The van der Waals surface area contributed by atoms with Crippen LogP contribution in [0.5, 0.6) is 0 Å². The van der Waals surface area contributed by atoms with E-state index in [4.69, 9.17) is 19.2 Å². The molecule has 26 heavy (non-hydrogen) atoms. The fourth-order valence-electron chi connectivity index (χ4n) is 2.64. The van der Waals surface area contributed by atoms with Crippen molar-refractivity contribution in [2.75, 3.05) is 0 Å². The third kappa shape index (κ3) is 44.4. The Morgan fingerprint density at radius 1 is 0.654 bits per heavy atom. The number of aliphatic carboxylic acids is 1. The molecule has 0 aliphatic rings. The van der Waals surface area contributed by atoms with Crippen molar-refractivity contribution in [1.29, 1.82) is 0 Å². The number of carbonyl (C=O) groups is 1. The first-order chi connectivity index (χ1) is 11.8. The summed E-state index contributed by atoms with van der Waals surface area (Å²) in [6.45, 7) is 2.27. The van der Waals surface area contributed by atoms with Crippen LogP contribution in [0.3, 0.4) is 0 Å². The summed E-state index contributed by atoms with van der Waals surface area (Å²) in [6, 6.07) is 0. The van der Waals surface area contributed by atoms with E-state index < -0.39 is 13.8 Å². The number of carboxylic acid groups (broad SMARTS) is 1. The van der Waals surface area contributed by atoms with E-state index in [1.807, 2.05) is 0 Å². The molecule has 0 unspecified atom stereocenters. The summed E-state index contributed by atoms with van der Waals surface area (Å²) in [4.78, 5) is 35.9. The molecule has 8 heteroatoms. The van der Waals surface area contributed by atoms with E-state index in [1.165, 1.54) is 83.5 Å². The number of hydrogen-bond donors (Lipinski definition) is 0. The van der Waals surface area contributed by atoms with Gasteiger partial charge in [-0.2, -0.15) is 7.82 Å². The summed E-state index contributed by atoms with van der Waals surface area (Å²) < 4.78 is 8.55. The molecule has 6 nitrogen and oxygen atoms in total. The molecule has 0 aliphatic carbocycles. The zero-order valence-corrected chi connectivity index (χ0v) is 19.5. The number of phosphoric acid groups is 1. The molecular formula is C18H35CaO6P-2. The minimum Gasteiger partial charge on any atom is -0.822 e. The molecule has 0 amide bonds. The van der Waals surface area contributed by atoms with E-state index in [2.05, 4.69) is 6.92 Å². The monoisotopic (exact) mass is 418 g/mol. The Morgan fingerprint density at radius 2 is 0.885 bits per heavy atom. The van der Waals surface area contributed by atoms with Crippen LogP contribution in [-0.2, 0) is 9.36 Å². The minimum atomic E-state index is -5.39. The molecule has 0 radical (unpaired) electrons. The van der Waals surface area contributed by atoms with Crippen molar-refractivity contribution in [3.8, 4) is 0 Å². The maximum Gasteiger partial charge on any atom is 2.00 e. The van der Waals surface area contributed by atoms with Gasteiger partial charge in [-0.05, 0) is 12.8 Å². The first kappa shape index (κ1) is 31.5. The SMILES string of the molecule is CCCCCCCCCCCCCCCCCC(=O)[O-].O=P([O-])([O-])[O-].[Ca+2]. The van der Waals surface area contributed by atoms with Crippen LogP contribution in [0.2, 0.25) is 0 Å². The van der Waals surface area contributed by atoms with Crippen molar-refractivity contribution in [1.82, 2.24) is 0 Å². The molecule has 0 bridgehead atoms. The summed E-state index contributed by atoms with van der Waals surface area (Å²) in [5.74, 6) is -0.903. The van der Waals surface area contributed by atoms with Crippen LogP contribution in [0, 0.1) is 0 Å². The second kappa shape index (κ2) is 23.9. The summed E-state index contributed by atoms with van der Waals surface area (Å²) in [5.41, 5.74) is 0. The molecule has 0 aromatic carbocycles. The second-order valence-corrected chi connectivity index (χ2v) is 7.41. The molecule has 152 valence electrons. The van der Waals surface area contributed by atoms with Gasteiger partial charge in [0, 0.05) is 5.97 Å². The molecule has 0 atom stereocenters. The smallest absolute Gasteiger partial charge is 0.822 e. The predicted octanol–water partition coefficient (Wildman–Crippen LogP) is 1.79. The van der Waals surface area contributed by atoms with Gasteiger partial charge in [0.1, 0.15) is 0 Å². The van der Waals surface area contributed by atoms with Gasteiger partial charge in [-0.3, -0.25) is 0 Å². The van der Waals surface area contributed by atoms with E-state index >= 15 is 0 Å². The van der Waals surface area contributed by atoms with Crippen LogP contribution in [-0.4, -0.2) is 43.7 Å². The third-order valence-corrected chi connectivity index (χ3v) is 3.98. The Balaban J connectivity index is -0.000000772. The number of carboxylic acids is 1. The third-order valence-electron chi connectivity index (χ3n) is 3.98. The van der Waals surface area contributed by atoms with Crippen molar-refractivity contribution >= 4 is 51.5 Å². The van der Waals surface area contributed by atoms with Gasteiger partial charge in [-0.25, -0.2) is 0 Å². The van der Waals surface area contributed by atoms with Gasteiger partial charge < -0.3 is 29.1 Å². The van der Waals surface area contributed by atoms with Crippen LogP contribution >= 0.6 is 7.82 Å². The molecule has 0 saturated heterocycles. The number of carbonyl (C=O) groups excluding carboxylic acids is 1. The van der Waals surface area contributed by atoms with E-state index in [0.29, 0.717) is 0 Å². The first-order valence-electron chi connectivity index (χ1n) is 9.70. The topological polar surface area (TPSA) is 126 Å². The fraction of sp³-hybridized carbons (Fsp3) is 0.944. The van der Waals surface area contributed by atoms with Crippen molar-refractivity contribution < 1.29 is 29.1 Å². The molecule has 0 fully saturated rings. The normalized spacial score (nSPS) is 10.6. The van der Waals surface area contributed by atoms with Crippen LogP contribution in [0.1, 0.15) is 110 Å². The molecule has 0 spiro atoms. The zero-order chi connectivity index (χ0) is 19.4. The van der Waals surface area contributed by atoms with Gasteiger partial charge in [0.2, 0.25) is 0 Å². The second-order valence-electron chi connectivity index (χ2n) is 6.52. The average Bonchev–Trinajstić information content (AvgIpc) is 2.49. The number of rotatable bonds is 16. The van der Waals surface area contributed by atoms with Crippen LogP contribution < -0.4 is 19.8 Å². The first-order valence-corrected chi connectivity index (χ1v) is 11.2. The maximum atomic E-state index is 10.2. The Labute approximate surface area is 189 Å². The maximum absolute atomic E-state index is 10.2. The van der Waals surface area contributed by atoms with Crippen LogP contribution in [0.4, 0.5) is 0 Å². The van der Waals surface area contributed by atoms with Crippen LogP contribution in [0.25, 0.3) is 0 Å². The Hall–Kier alpha value is 0.840. The van der Waals surface area contributed by atoms with Gasteiger partial charge in [-0.1, -0.05) is 96.8 Å². The van der Waals surface area contributed by atoms with Gasteiger partial charge in [0.05, 0.1) is 0 Å². The van der Waals surface area contributed by atoms with Crippen molar-refractivity contribution in [3.05, 3.63) is 0 Å². The average molecular weight is 419 g/mol. The number of hydrogen-bond acceptors (Lipinski definition) is 6. The summed E-state index contributed by atoms with van der Waals surface area (Å²) in [5, 5.41) is 10.2. The van der Waals surface area contributed by atoms with E-state index in [0.717, 1.165) is 12.8 Å². The zero-order valence-electron chi connectivity index (χ0n) is 16.4. The summed E-state index contributed by atoms with van der Waals surface area (Å²) in [6.07, 6.45) is 19.9. The minimum absolute atomic E-state index is 0. The van der Waals surface area contributed by atoms with E-state index in [9.17, 15) is 9.90 Å². The Morgan fingerprint density at radius 3 is 1.12 bits per heavy atom. The molecule has 0 N–H and O–H groups in total. The Kier molecular flexibility index (Phi) is 29.0. The molecule has 0 heterocycles.